The third-order valence-electron chi connectivity index (χ3n) is 3.36. The normalized spacial score (nSPS) is 11.0. The monoisotopic (exact) mass is 306 g/mol. The molecule has 0 aromatic heterocycles. The lowest BCUT2D eigenvalue weighted by atomic mass is 10.1. The number of carbonyl (C=O) groups is 1. The van der Waals surface area contributed by atoms with E-state index in [-0.39, 0.29) is 17.1 Å². The van der Waals surface area contributed by atoms with E-state index in [0.29, 0.717) is 5.56 Å². The summed E-state index contributed by atoms with van der Waals surface area (Å²) in [4.78, 5) is 12.1. The third-order valence-corrected chi connectivity index (χ3v) is 3.36. The number of nitrogens with one attached hydrogen (secondary N) is 1. The van der Waals surface area contributed by atoms with Gasteiger partial charge in [-0.25, -0.2) is 5.43 Å². The number of hydrazone groups is 1. The molecule has 0 aliphatic carbocycles. The van der Waals surface area contributed by atoms with E-state index >= 15 is 0 Å². The molecule has 0 fully saturated rings. The maximum atomic E-state index is 12.1. The van der Waals surface area contributed by atoms with E-state index in [4.69, 9.17) is 0 Å². The second kappa shape index (κ2) is 6.19. The minimum atomic E-state index is -0.510. The van der Waals surface area contributed by atoms with Crippen LogP contribution >= 0.6 is 0 Å². The first kappa shape index (κ1) is 14.6. The molecule has 0 bridgehead atoms. The molecule has 0 aliphatic rings. The Balaban J connectivity index is 1.79. The average Bonchev–Trinajstić information content (AvgIpc) is 2.54. The molecule has 114 valence electrons. The Kier molecular flexibility index (Phi) is 3.93. The van der Waals surface area contributed by atoms with Crippen LogP contribution < -0.4 is 5.43 Å². The first-order chi connectivity index (χ1) is 11.1. The summed E-state index contributed by atoms with van der Waals surface area (Å²) in [6, 6.07) is 17.1. The van der Waals surface area contributed by atoms with Gasteiger partial charge in [0.25, 0.3) is 5.91 Å². The molecule has 5 heteroatoms. The number of phenolic OH excluding ortho intramolecular Hbond substituents is 2. The zero-order chi connectivity index (χ0) is 16.2. The van der Waals surface area contributed by atoms with E-state index in [1.54, 1.807) is 30.3 Å². The number of aromatic hydroxyl groups is 2. The zero-order valence-corrected chi connectivity index (χ0v) is 12.1. The minimum Gasteiger partial charge on any atom is -0.508 e. The molecule has 0 saturated carbocycles. The molecule has 0 saturated heterocycles. The van der Waals surface area contributed by atoms with Crippen molar-refractivity contribution in [2.75, 3.05) is 0 Å². The van der Waals surface area contributed by atoms with Gasteiger partial charge in [-0.05, 0) is 40.6 Å². The Labute approximate surface area is 132 Å². The van der Waals surface area contributed by atoms with E-state index in [2.05, 4.69) is 10.5 Å². The standard InChI is InChI=1S/C18H14N2O3/c21-15-7-3-4-12(8-15)11-19-20-18(23)16-9-13-5-1-2-6-14(13)10-17(16)22/h1-11,21-22H,(H,20,23). The first-order valence-corrected chi connectivity index (χ1v) is 6.98. The third kappa shape index (κ3) is 3.29. The van der Waals surface area contributed by atoms with E-state index in [1.807, 2.05) is 24.3 Å². The largest absolute Gasteiger partial charge is 0.508 e. The average molecular weight is 306 g/mol. The molecule has 3 aromatic carbocycles. The zero-order valence-electron chi connectivity index (χ0n) is 12.1. The highest BCUT2D eigenvalue weighted by atomic mass is 16.3. The summed E-state index contributed by atoms with van der Waals surface area (Å²) in [5.41, 5.74) is 3.16. The molecule has 0 unspecified atom stereocenters. The highest BCUT2D eigenvalue weighted by Gasteiger charge is 2.11. The van der Waals surface area contributed by atoms with Crippen molar-refractivity contribution >= 4 is 22.9 Å². The van der Waals surface area contributed by atoms with E-state index in [9.17, 15) is 15.0 Å². The number of phenols is 2. The van der Waals surface area contributed by atoms with Crippen LogP contribution in [0.5, 0.6) is 11.5 Å². The lowest BCUT2D eigenvalue weighted by Crippen LogP contribution is -2.17. The summed E-state index contributed by atoms with van der Waals surface area (Å²) in [5, 5.41) is 24.9. The Morgan fingerprint density at radius 2 is 1.70 bits per heavy atom. The summed E-state index contributed by atoms with van der Waals surface area (Å²) in [6.07, 6.45) is 1.41. The van der Waals surface area contributed by atoms with Crippen LogP contribution in [0.15, 0.2) is 65.8 Å². The van der Waals surface area contributed by atoms with Gasteiger partial charge in [0.1, 0.15) is 11.5 Å². The number of hydrogen-bond donors (Lipinski definition) is 3. The van der Waals surface area contributed by atoms with E-state index in [0.717, 1.165) is 10.8 Å². The minimum absolute atomic E-state index is 0.103. The van der Waals surface area contributed by atoms with Gasteiger partial charge in [0.2, 0.25) is 0 Å². The fraction of sp³-hybridized carbons (Fsp3) is 0. The van der Waals surface area contributed by atoms with Crippen molar-refractivity contribution in [3.63, 3.8) is 0 Å². The fourth-order valence-corrected chi connectivity index (χ4v) is 2.24. The summed E-state index contributed by atoms with van der Waals surface area (Å²) in [6.45, 7) is 0. The number of rotatable bonds is 3. The number of hydrogen-bond acceptors (Lipinski definition) is 4. The van der Waals surface area contributed by atoms with Crippen molar-refractivity contribution in [3.8, 4) is 11.5 Å². The molecule has 0 spiro atoms. The summed E-state index contributed by atoms with van der Waals surface area (Å²) < 4.78 is 0. The second-order valence-electron chi connectivity index (χ2n) is 5.01. The fourth-order valence-electron chi connectivity index (χ4n) is 2.24. The van der Waals surface area contributed by atoms with Crippen LogP contribution in [0.3, 0.4) is 0 Å². The van der Waals surface area contributed by atoms with Crippen molar-refractivity contribution in [3.05, 3.63) is 71.8 Å². The Morgan fingerprint density at radius 3 is 2.43 bits per heavy atom. The molecule has 0 radical (unpaired) electrons. The SMILES string of the molecule is O=C(NN=Cc1cccc(O)c1)c1cc2ccccc2cc1O. The summed E-state index contributed by atoms with van der Waals surface area (Å²) in [5.74, 6) is -0.495. The number of benzene rings is 3. The first-order valence-electron chi connectivity index (χ1n) is 6.98. The molecule has 0 atom stereocenters. The van der Waals surface area contributed by atoms with E-state index in [1.165, 1.54) is 12.3 Å². The number of amides is 1. The van der Waals surface area contributed by atoms with Crippen molar-refractivity contribution in [2.45, 2.75) is 0 Å². The molecule has 3 N–H and O–H groups in total. The molecule has 3 aromatic rings. The summed E-state index contributed by atoms with van der Waals surface area (Å²) in [7, 11) is 0. The maximum Gasteiger partial charge on any atom is 0.275 e. The molecule has 23 heavy (non-hydrogen) atoms. The predicted octanol–water partition coefficient (Wildman–Crippen LogP) is 3.01. The smallest absolute Gasteiger partial charge is 0.275 e. The van der Waals surface area contributed by atoms with Crippen LogP contribution in [0, 0.1) is 0 Å². The quantitative estimate of drug-likeness (QED) is 0.514. The highest BCUT2D eigenvalue weighted by molar-refractivity contribution is 6.01. The van der Waals surface area contributed by atoms with Crippen molar-refractivity contribution in [1.29, 1.82) is 0 Å². The predicted molar refractivity (Wildman–Crippen MR) is 88.8 cm³/mol. The van der Waals surface area contributed by atoms with Crippen LogP contribution in [-0.2, 0) is 0 Å². The molecule has 1 amide bonds. The van der Waals surface area contributed by atoms with Crippen LogP contribution in [0.4, 0.5) is 0 Å². The van der Waals surface area contributed by atoms with Gasteiger partial charge in [-0.2, -0.15) is 5.10 Å². The van der Waals surface area contributed by atoms with Crippen molar-refractivity contribution in [2.24, 2.45) is 5.10 Å². The van der Waals surface area contributed by atoms with Gasteiger partial charge >= 0.3 is 0 Å². The lowest BCUT2D eigenvalue weighted by molar-refractivity contribution is 0.0952. The van der Waals surface area contributed by atoms with Crippen molar-refractivity contribution < 1.29 is 15.0 Å². The van der Waals surface area contributed by atoms with Gasteiger partial charge in [-0.1, -0.05) is 36.4 Å². The number of nitrogens with zero attached hydrogens (tertiary/aromatic N) is 1. The lowest BCUT2D eigenvalue weighted by Gasteiger charge is -2.05. The van der Waals surface area contributed by atoms with Gasteiger partial charge in [0.05, 0.1) is 11.8 Å². The number of carbonyl (C=O) groups excluding carboxylic acids is 1. The van der Waals surface area contributed by atoms with Gasteiger partial charge in [-0.3, -0.25) is 4.79 Å². The van der Waals surface area contributed by atoms with Gasteiger partial charge in [0, 0.05) is 0 Å². The Hall–Kier alpha value is -3.34. The Morgan fingerprint density at radius 1 is 0.957 bits per heavy atom. The Bertz CT molecular complexity index is 904. The molecular formula is C18H14N2O3. The van der Waals surface area contributed by atoms with Crippen LogP contribution in [-0.4, -0.2) is 22.3 Å². The van der Waals surface area contributed by atoms with Gasteiger partial charge in [0.15, 0.2) is 0 Å². The maximum absolute atomic E-state index is 12.1. The van der Waals surface area contributed by atoms with E-state index < -0.39 is 5.91 Å². The summed E-state index contributed by atoms with van der Waals surface area (Å²) >= 11 is 0. The molecule has 0 heterocycles. The van der Waals surface area contributed by atoms with Crippen LogP contribution in [0.2, 0.25) is 0 Å². The van der Waals surface area contributed by atoms with Gasteiger partial charge < -0.3 is 10.2 Å². The molecule has 0 aliphatic heterocycles. The van der Waals surface area contributed by atoms with Gasteiger partial charge in [-0.15, -0.1) is 0 Å². The second-order valence-corrected chi connectivity index (χ2v) is 5.01. The molecule has 3 rings (SSSR count). The van der Waals surface area contributed by atoms with Crippen LogP contribution in [0.1, 0.15) is 15.9 Å². The molecule has 5 nitrogen and oxygen atoms in total. The van der Waals surface area contributed by atoms with Crippen LogP contribution in [0.25, 0.3) is 10.8 Å². The highest BCUT2D eigenvalue weighted by Crippen LogP contribution is 2.24. The van der Waals surface area contributed by atoms with Crippen molar-refractivity contribution in [1.82, 2.24) is 5.43 Å². The topological polar surface area (TPSA) is 81.9 Å². The molecular weight excluding hydrogens is 292 g/mol. The number of fused-ring (bicyclic) bond motifs is 1.